The fourth-order valence-corrected chi connectivity index (χ4v) is 6.38. The van der Waals surface area contributed by atoms with Crippen LogP contribution in [0, 0.1) is 5.92 Å². The predicted molar refractivity (Wildman–Crippen MR) is 118 cm³/mol. The standard InChI is InChI=1S/C22H24N2O4S2/c25-22(18-8-4-13-24(16-18)30(26,27)21-11-5-15-29-21)23-12-14-28-20-10-3-7-17-6-1-2-9-19(17)20/h1-3,5-7,9-11,15,18H,4,8,12-14,16H2,(H,23,25). The summed E-state index contributed by atoms with van der Waals surface area (Å²) in [4.78, 5) is 12.6. The van der Waals surface area contributed by atoms with Crippen LogP contribution in [-0.4, -0.2) is 44.9 Å². The molecule has 1 N–H and O–H groups in total. The zero-order chi connectivity index (χ0) is 21.0. The number of nitrogens with one attached hydrogen (secondary N) is 1. The van der Waals surface area contributed by atoms with Gasteiger partial charge >= 0.3 is 0 Å². The largest absolute Gasteiger partial charge is 0.491 e. The zero-order valence-corrected chi connectivity index (χ0v) is 18.1. The summed E-state index contributed by atoms with van der Waals surface area (Å²) in [7, 11) is -3.52. The smallest absolute Gasteiger partial charge is 0.252 e. The molecule has 1 amide bonds. The van der Waals surface area contributed by atoms with Gasteiger partial charge in [-0.25, -0.2) is 8.42 Å². The van der Waals surface area contributed by atoms with Crippen LogP contribution < -0.4 is 10.1 Å². The third-order valence-corrected chi connectivity index (χ3v) is 8.49. The van der Waals surface area contributed by atoms with Gasteiger partial charge in [-0.15, -0.1) is 11.3 Å². The topological polar surface area (TPSA) is 75.7 Å². The molecule has 3 aromatic rings. The number of benzene rings is 2. The first-order valence-electron chi connectivity index (χ1n) is 9.97. The molecule has 0 bridgehead atoms. The van der Waals surface area contributed by atoms with Crippen LogP contribution in [0.1, 0.15) is 12.8 Å². The van der Waals surface area contributed by atoms with E-state index in [1.165, 1.54) is 15.6 Å². The second kappa shape index (κ2) is 9.16. The lowest BCUT2D eigenvalue weighted by atomic mass is 9.99. The molecule has 1 aliphatic rings. The van der Waals surface area contributed by atoms with E-state index in [-0.39, 0.29) is 18.4 Å². The van der Waals surface area contributed by atoms with Crippen molar-refractivity contribution < 1.29 is 17.9 Å². The summed E-state index contributed by atoms with van der Waals surface area (Å²) >= 11 is 1.20. The van der Waals surface area contributed by atoms with Crippen LogP contribution in [0.25, 0.3) is 10.8 Å². The second-order valence-corrected chi connectivity index (χ2v) is 10.4. The highest BCUT2D eigenvalue weighted by Crippen LogP contribution is 2.27. The molecular weight excluding hydrogens is 420 g/mol. The lowest BCUT2D eigenvalue weighted by Gasteiger charge is -2.30. The Morgan fingerprint density at radius 3 is 2.80 bits per heavy atom. The number of hydrogen-bond acceptors (Lipinski definition) is 5. The molecule has 158 valence electrons. The van der Waals surface area contributed by atoms with Crippen LogP contribution in [0.2, 0.25) is 0 Å². The second-order valence-electron chi connectivity index (χ2n) is 7.25. The molecule has 2 heterocycles. The minimum absolute atomic E-state index is 0.123. The van der Waals surface area contributed by atoms with Crippen molar-refractivity contribution in [2.75, 3.05) is 26.2 Å². The van der Waals surface area contributed by atoms with Gasteiger partial charge in [-0.1, -0.05) is 42.5 Å². The number of carbonyl (C=O) groups excluding carboxylic acids is 1. The summed E-state index contributed by atoms with van der Waals surface area (Å²) in [5.74, 6) is 0.321. The maximum atomic E-state index is 12.7. The SMILES string of the molecule is O=C(NCCOc1cccc2ccccc12)C1CCCN(S(=O)(=O)c2cccs2)C1. The number of fused-ring (bicyclic) bond motifs is 1. The van der Waals surface area contributed by atoms with E-state index in [4.69, 9.17) is 4.74 Å². The number of ether oxygens (including phenoxy) is 1. The minimum Gasteiger partial charge on any atom is -0.491 e. The average Bonchev–Trinajstić information content (AvgIpc) is 3.33. The van der Waals surface area contributed by atoms with Gasteiger partial charge in [-0.05, 0) is 35.7 Å². The molecule has 4 rings (SSSR count). The van der Waals surface area contributed by atoms with E-state index >= 15 is 0 Å². The number of thiophene rings is 1. The summed E-state index contributed by atoms with van der Waals surface area (Å²) in [6.45, 7) is 1.39. The number of nitrogens with zero attached hydrogens (tertiary/aromatic N) is 1. The molecule has 1 aliphatic heterocycles. The number of piperidine rings is 1. The van der Waals surface area contributed by atoms with Gasteiger partial charge in [0, 0.05) is 18.5 Å². The van der Waals surface area contributed by atoms with Gasteiger partial charge < -0.3 is 10.1 Å². The first-order valence-corrected chi connectivity index (χ1v) is 12.3. The molecule has 0 radical (unpaired) electrons. The highest BCUT2D eigenvalue weighted by Gasteiger charge is 2.33. The molecule has 30 heavy (non-hydrogen) atoms. The summed E-state index contributed by atoms with van der Waals surface area (Å²) < 4.78 is 33.1. The third kappa shape index (κ3) is 4.50. The van der Waals surface area contributed by atoms with Crippen LogP contribution in [0.15, 0.2) is 64.2 Å². The van der Waals surface area contributed by atoms with Crippen LogP contribution in [-0.2, 0) is 14.8 Å². The number of carbonyl (C=O) groups is 1. The van der Waals surface area contributed by atoms with Crippen molar-refractivity contribution in [1.82, 2.24) is 9.62 Å². The van der Waals surface area contributed by atoms with Crippen LogP contribution in [0.5, 0.6) is 5.75 Å². The number of sulfonamides is 1. The van der Waals surface area contributed by atoms with E-state index in [0.29, 0.717) is 36.7 Å². The lowest BCUT2D eigenvalue weighted by Crippen LogP contribution is -2.45. The predicted octanol–water partition coefficient (Wildman–Crippen LogP) is 3.50. The van der Waals surface area contributed by atoms with Gasteiger partial charge in [0.2, 0.25) is 5.91 Å². The fourth-order valence-electron chi connectivity index (χ4n) is 3.71. The molecule has 1 aromatic heterocycles. The average molecular weight is 445 g/mol. The summed E-state index contributed by atoms with van der Waals surface area (Å²) in [5, 5.41) is 6.78. The molecule has 6 nitrogen and oxygen atoms in total. The molecule has 1 unspecified atom stereocenters. The van der Waals surface area contributed by atoms with Crippen molar-refractivity contribution in [1.29, 1.82) is 0 Å². The first kappa shape index (κ1) is 20.8. The molecule has 2 aromatic carbocycles. The van der Waals surface area contributed by atoms with E-state index in [1.807, 2.05) is 42.5 Å². The van der Waals surface area contributed by atoms with E-state index in [9.17, 15) is 13.2 Å². The molecule has 0 saturated carbocycles. The molecule has 0 aliphatic carbocycles. The van der Waals surface area contributed by atoms with Gasteiger partial charge in [0.25, 0.3) is 10.0 Å². The molecule has 1 fully saturated rings. The maximum absolute atomic E-state index is 12.7. The number of rotatable bonds is 7. The molecular formula is C22H24N2O4S2. The van der Waals surface area contributed by atoms with Gasteiger partial charge in [0.1, 0.15) is 16.6 Å². The molecule has 1 atom stereocenters. The van der Waals surface area contributed by atoms with Crippen molar-refractivity contribution in [3.05, 3.63) is 60.0 Å². The van der Waals surface area contributed by atoms with Crippen LogP contribution in [0.4, 0.5) is 0 Å². The normalized spacial score (nSPS) is 17.7. The highest BCUT2D eigenvalue weighted by molar-refractivity contribution is 7.91. The Bertz CT molecular complexity index is 1110. The minimum atomic E-state index is -3.52. The van der Waals surface area contributed by atoms with Crippen molar-refractivity contribution in [2.45, 2.75) is 17.1 Å². The maximum Gasteiger partial charge on any atom is 0.252 e. The Labute approximate surface area is 180 Å². The summed E-state index contributed by atoms with van der Waals surface area (Å²) in [6.07, 6.45) is 1.36. The summed E-state index contributed by atoms with van der Waals surface area (Å²) in [6, 6.07) is 17.2. The third-order valence-electron chi connectivity index (χ3n) is 5.25. The van der Waals surface area contributed by atoms with E-state index in [2.05, 4.69) is 5.32 Å². The quantitative estimate of drug-likeness (QED) is 0.566. The van der Waals surface area contributed by atoms with Crippen molar-refractivity contribution >= 4 is 38.0 Å². The van der Waals surface area contributed by atoms with E-state index in [1.54, 1.807) is 17.5 Å². The Morgan fingerprint density at radius 1 is 1.13 bits per heavy atom. The monoisotopic (exact) mass is 444 g/mol. The van der Waals surface area contributed by atoms with Gasteiger partial charge in [-0.2, -0.15) is 4.31 Å². The van der Waals surface area contributed by atoms with Crippen LogP contribution in [0.3, 0.4) is 0 Å². The Hall–Kier alpha value is -2.42. The highest BCUT2D eigenvalue weighted by atomic mass is 32.2. The Balaban J connectivity index is 1.30. The first-order chi connectivity index (χ1) is 14.6. The van der Waals surface area contributed by atoms with Crippen molar-refractivity contribution in [2.24, 2.45) is 5.92 Å². The van der Waals surface area contributed by atoms with E-state index < -0.39 is 10.0 Å². The Kier molecular flexibility index (Phi) is 6.36. The van der Waals surface area contributed by atoms with Crippen molar-refractivity contribution in [3.63, 3.8) is 0 Å². The van der Waals surface area contributed by atoms with Gasteiger partial charge in [0.05, 0.1) is 12.5 Å². The lowest BCUT2D eigenvalue weighted by molar-refractivity contribution is -0.126. The summed E-state index contributed by atoms with van der Waals surface area (Å²) in [5.41, 5.74) is 0. The molecule has 0 spiro atoms. The molecule has 8 heteroatoms. The number of amides is 1. The zero-order valence-electron chi connectivity index (χ0n) is 16.5. The number of hydrogen-bond donors (Lipinski definition) is 1. The van der Waals surface area contributed by atoms with Crippen LogP contribution >= 0.6 is 11.3 Å². The van der Waals surface area contributed by atoms with Gasteiger partial charge in [-0.3, -0.25) is 4.79 Å². The van der Waals surface area contributed by atoms with Gasteiger partial charge in [0.15, 0.2) is 0 Å². The van der Waals surface area contributed by atoms with E-state index in [0.717, 1.165) is 16.5 Å². The fraction of sp³-hybridized carbons (Fsp3) is 0.318. The van der Waals surface area contributed by atoms with Crippen molar-refractivity contribution in [3.8, 4) is 5.75 Å². The Morgan fingerprint density at radius 2 is 1.97 bits per heavy atom. The molecule has 1 saturated heterocycles.